The number of fused-ring (bicyclic) bond motifs is 2. The maximum absolute atomic E-state index is 16.0. The van der Waals surface area contributed by atoms with Crippen LogP contribution in [0.5, 0.6) is 0 Å². The molecule has 5 aliphatic rings. The summed E-state index contributed by atoms with van der Waals surface area (Å²) >= 11 is 0. The minimum Gasteiger partial charge on any atom is -0.343 e. The summed E-state index contributed by atoms with van der Waals surface area (Å²) in [6, 6.07) is -8.96. The molecule has 3 saturated heterocycles. The second-order valence-electron chi connectivity index (χ2n) is 28.6. The summed E-state index contributed by atoms with van der Waals surface area (Å²) in [5.74, 6) is -19.3. The lowest BCUT2D eigenvalue weighted by atomic mass is 9.74. The van der Waals surface area contributed by atoms with Gasteiger partial charge >= 0.3 is 12.4 Å². The number of hydrogen-bond acceptors (Lipinski definition) is 11. The van der Waals surface area contributed by atoms with Gasteiger partial charge in [-0.05, 0) is 132 Å². The van der Waals surface area contributed by atoms with E-state index in [1.807, 2.05) is 13.8 Å². The summed E-state index contributed by atoms with van der Waals surface area (Å²) in [7, 11) is 5.29. The number of rotatable bonds is 11. The zero-order valence-corrected chi connectivity index (χ0v) is 59.4. The standard InChI is InChI=1S/C70H95F10N11O11/c1-12-39(5)56-60(96)81-41(7)61(97)90-29-26-49(90)64(100)89(13-2)51(34-42-20-23-45(24-21-42)69(75,76)77)63(99)85(8)36-53(92)82-48(25-22-43-32-46(71)55(47(72)33-43)70(78,79)80)62(98)91-37-68(73,74)35-52(91)59(95)84-67(27-17-28-67)66(102)88(11)57(44-18-15-14-16-19-44)65(101)86(9)40(6)31-54(93)87(10)50(30-38(3)4)58(94)83-56/h20-21,23-24,32-33,38-41,44,48-52,56-57H,12-19,22,25-31,34-37H2,1-11H3,(H,81,96)(H,82,92)(H,83,94)(H,84,95)/t39-,40+,41-,48-,49-,50-,51-,52-,56-,57-/m0/s1. The summed E-state index contributed by atoms with van der Waals surface area (Å²) in [6.45, 7) is 8.58. The summed E-state index contributed by atoms with van der Waals surface area (Å²) in [4.78, 5) is 169. The van der Waals surface area contributed by atoms with Gasteiger partial charge < -0.3 is 55.6 Å². The van der Waals surface area contributed by atoms with Crippen molar-refractivity contribution in [3.05, 3.63) is 70.3 Å². The predicted molar refractivity (Wildman–Crippen MR) is 350 cm³/mol. The Labute approximate surface area is 587 Å². The lowest BCUT2D eigenvalue weighted by molar-refractivity contribution is -0.158. The number of benzene rings is 2. The van der Waals surface area contributed by atoms with Crippen LogP contribution in [-0.4, -0.2) is 219 Å². The summed E-state index contributed by atoms with van der Waals surface area (Å²) in [6.07, 6.45) is -10.3. The van der Waals surface area contributed by atoms with Crippen molar-refractivity contribution in [2.24, 2.45) is 17.8 Å². The Morgan fingerprint density at radius 2 is 1.25 bits per heavy atom. The lowest BCUT2D eigenvalue weighted by Gasteiger charge is -2.47. The number of aryl methyl sites for hydroxylation is 1. The van der Waals surface area contributed by atoms with E-state index in [-0.39, 0.29) is 56.7 Å². The van der Waals surface area contributed by atoms with Gasteiger partial charge in [0.2, 0.25) is 65.0 Å². The van der Waals surface area contributed by atoms with E-state index in [1.54, 1.807) is 20.8 Å². The van der Waals surface area contributed by atoms with Crippen LogP contribution in [0.25, 0.3) is 0 Å². The monoisotopic (exact) mass is 1460 g/mol. The highest BCUT2D eigenvalue weighted by Crippen LogP contribution is 2.40. The number of halogens is 10. The SMILES string of the molecule is CC[C@H](C)[C@@H]1NC(=O)[C@H](CC(C)C)N(C)C(=O)C[C@@H](C)N(C)C(=O)[C@H](C2CCCCC2)N(C)C(=O)C2(CCC2)NC(=O)[C@@H]2CC(F)(F)CN2C(=O)[C@H](CCc2cc(F)c(C(F)(F)F)c(F)c2)NC(=O)CN(C)C(=O)[C@H](Cc2ccc(C(F)(F)F)cc2)N(CC)C(=O)[C@@H]2CCN2C(=O)[C@H](C)NC1=O. The number of alkyl halides is 8. The van der Waals surface area contributed by atoms with Crippen LogP contribution in [-0.2, 0) is 77.9 Å². The van der Waals surface area contributed by atoms with E-state index < -0.39 is 222 Å². The van der Waals surface area contributed by atoms with Gasteiger partial charge in [0, 0.05) is 66.6 Å². The fourth-order valence-corrected chi connectivity index (χ4v) is 14.3. The molecule has 2 aromatic rings. The fourth-order valence-electron chi connectivity index (χ4n) is 14.3. The third kappa shape index (κ3) is 18.8. The quantitative estimate of drug-likeness (QED) is 0.171. The van der Waals surface area contributed by atoms with Crippen molar-refractivity contribution >= 4 is 65.0 Å². The molecule has 3 aliphatic heterocycles. The average Bonchev–Trinajstić information content (AvgIpc) is 1.25. The molecule has 0 unspecified atom stereocenters. The first kappa shape index (κ1) is 81.2. The molecule has 11 amide bonds. The molecule has 2 aromatic carbocycles. The highest BCUT2D eigenvalue weighted by Gasteiger charge is 2.56. The predicted octanol–water partition coefficient (Wildman–Crippen LogP) is 6.78. The smallest absolute Gasteiger partial charge is 0.343 e. The molecule has 2 saturated carbocycles. The van der Waals surface area contributed by atoms with Crippen LogP contribution in [0, 0.1) is 29.4 Å². The Bertz CT molecular complexity index is 3420. The molecule has 3 heterocycles. The fraction of sp³-hybridized carbons (Fsp3) is 0.671. The minimum absolute atomic E-state index is 0.00550. The van der Waals surface area contributed by atoms with Crippen molar-refractivity contribution in [3.8, 4) is 0 Å². The van der Waals surface area contributed by atoms with Crippen LogP contribution in [0.3, 0.4) is 0 Å². The molecular formula is C70H95F10N11O11. The maximum Gasteiger partial charge on any atom is 0.422 e. The molecule has 4 N–H and O–H groups in total. The summed E-state index contributed by atoms with van der Waals surface area (Å²) in [5, 5.41) is 10.4. The molecule has 5 fully saturated rings. The van der Waals surface area contributed by atoms with Gasteiger partial charge in [-0.15, -0.1) is 0 Å². The van der Waals surface area contributed by atoms with Gasteiger partial charge in [0.1, 0.15) is 71.1 Å². The molecule has 102 heavy (non-hydrogen) atoms. The van der Waals surface area contributed by atoms with E-state index in [2.05, 4.69) is 21.3 Å². The Hall–Kier alpha value is -8.09. The van der Waals surface area contributed by atoms with Crippen molar-refractivity contribution in [2.75, 3.05) is 54.4 Å². The van der Waals surface area contributed by atoms with E-state index >= 15 is 31.9 Å². The zero-order valence-electron chi connectivity index (χ0n) is 59.4. The molecule has 7 rings (SSSR count). The van der Waals surface area contributed by atoms with Gasteiger partial charge in [-0.2, -0.15) is 26.3 Å². The minimum atomic E-state index is -5.50. The number of nitrogens with zero attached hydrogens (tertiary/aromatic N) is 7. The highest BCUT2D eigenvalue weighted by molar-refractivity contribution is 6.00. The van der Waals surface area contributed by atoms with Crippen molar-refractivity contribution in [2.45, 2.75) is 229 Å². The first-order valence-electron chi connectivity index (χ1n) is 34.8. The van der Waals surface area contributed by atoms with Crippen LogP contribution in [0.2, 0.25) is 0 Å². The number of likely N-dealkylation sites (N-methyl/N-ethyl adjacent to an activating group) is 5. The van der Waals surface area contributed by atoms with Crippen LogP contribution in [0.4, 0.5) is 43.9 Å². The molecule has 566 valence electrons. The van der Waals surface area contributed by atoms with Gasteiger partial charge in [0.15, 0.2) is 0 Å². The normalized spacial score (nSPS) is 27.0. The van der Waals surface area contributed by atoms with Gasteiger partial charge in [0.25, 0.3) is 5.92 Å². The molecule has 0 aromatic heterocycles. The first-order chi connectivity index (χ1) is 47.6. The molecule has 32 heteroatoms. The second kappa shape index (κ2) is 33.1. The maximum atomic E-state index is 16.0. The molecule has 1 spiro atoms. The molecular weight excluding hydrogens is 1360 g/mol. The van der Waals surface area contributed by atoms with E-state index in [0.717, 1.165) is 52.4 Å². The van der Waals surface area contributed by atoms with Crippen molar-refractivity contribution in [1.82, 2.24) is 55.6 Å². The van der Waals surface area contributed by atoms with E-state index in [0.29, 0.717) is 55.6 Å². The highest BCUT2D eigenvalue weighted by atomic mass is 19.4. The lowest BCUT2D eigenvalue weighted by Crippen LogP contribution is -2.68. The third-order valence-electron chi connectivity index (χ3n) is 20.9. The first-order valence-corrected chi connectivity index (χ1v) is 34.8. The van der Waals surface area contributed by atoms with E-state index in [9.17, 15) is 64.7 Å². The topological polar surface area (TPSA) is 259 Å². The summed E-state index contributed by atoms with van der Waals surface area (Å²) in [5.41, 5.74) is -5.61. The van der Waals surface area contributed by atoms with Crippen molar-refractivity contribution in [1.29, 1.82) is 0 Å². The van der Waals surface area contributed by atoms with Gasteiger partial charge in [-0.25, -0.2) is 17.6 Å². The Balaban J connectivity index is 1.30. The zero-order chi connectivity index (χ0) is 76.0. The van der Waals surface area contributed by atoms with Crippen LogP contribution in [0.15, 0.2) is 36.4 Å². The van der Waals surface area contributed by atoms with Gasteiger partial charge in [-0.3, -0.25) is 52.7 Å². The average molecular weight is 1460 g/mol. The Kier molecular flexibility index (Phi) is 26.4. The number of carbonyl (C=O) groups excluding carboxylic acids is 11. The number of nitrogens with one attached hydrogen (secondary N) is 4. The summed E-state index contributed by atoms with van der Waals surface area (Å²) < 4.78 is 145. The van der Waals surface area contributed by atoms with Crippen LogP contribution < -0.4 is 21.3 Å². The van der Waals surface area contributed by atoms with Crippen LogP contribution in [0.1, 0.15) is 161 Å². The molecule has 0 bridgehead atoms. The molecule has 10 atom stereocenters. The molecule has 2 aliphatic carbocycles. The Morgan fingerprint density at radius 1 is 0.637 bits per heavy atom. The van der Waals surface area contributed by atoms with Gasteiger partial charge in [-0.1, -0.05) is 65.5 Å². The van der Waals surface area contributed by atoms with E-state index in [1.165, 1.54) is 49.7 Å². The van der Waals surface area contributed by atoms with Crippen LogP contribution >= 0.6 is 0 Å². The number of amides is 11. The van der Waals surface area contributed by atoms with Gasteiger partial charge in [0.05, 0.1) is 18.7 Å². The largest absolute Gasteiger partial charge is 0.422 e. The Morgan fingerprint density at radius 3 is 1.78 bits per heavy atom. The van der Waals surface area contributed by atoms with Crippen molar-refractivity contribution < 1.29 is 96.6 Å². The second-order valence-corrected chi connectivity index (χ2v) is 28.6. The third-order valence-corrected chi connectivity index (χ3v) is 20.9. The molecule has 0 radical (unpaired) electrons. The number of carbonyl (C=O) groups is 11. The van der Waals surface area contributed by atoms with E-state index in [4.69, 9.17) is 0 Å². The molecule has 22 nitrogen and oxygen atoms in total. The van der Waals surface area contributed by atoms with Crippen molar-refractivity contribution in [3.63, 3.8) is 0 Å². The number of hydrogen-bond donors (Lipinski definition) is 4.